The number of rotatable bonds is 5. The van der Waals surface area contributed by atoms with Gasteiger partial charge in [-0.15, -0.1) is 0 Å². The molecule has 6 nitrogen and oxygen atoms in total. The fraction of sp³-hybridized carbons (Fsp3) is 0.800. The highest BCUT2D eigenvalue weighted by atomic mass is 16.3. The SMILES string of the molecule is CCCCCC1C(=O)NC(=O)N(C2CCC(O)CC2)C1=O. The van der Waals surface area contributed by atoms with Crippen molar-refractivity contribution in [3.05, 3.63) is 0 Å². The maximum Gasteiger partial charge on any atom is 0.331 e. The zero-order valence-corrected chi connectivity index (χ0v) is 12.5. The van der Waals surface area contributed by atoms with Crippen molar-refractivity contribution in [1.29, 1.82) is 0 Å². The van der Waals surface area contributed by atoms with Gasteiger partial charge in [0.05, 0.1) is 6.10 Å². The summed E-state index contributed by atoms with van der Waals surface area (Å²) in [6, 6.07) is -0.791. The van der Waals surface area contributed by atoms with E-state index in [-0.39, 0.29) is 18.1 Å². The van der Waals surface area contributed by atoms with Crippen molar-refractivity contribution in [3.63, 3.8) is 0 Å². The number of aliphatic hydroxyl groups excluding tert-OH is 1. The molecule has 1 unspecified atom stereocenters. The van der Waals surface area contributed by atoms with Crippen LogP contribution in [0.2, 0.25) is 0 Å². The van der Waals surface area contributed by atoms with Gasteiger partial charge in [-0.05, 0) is 32.1 Å². The quantitative estimate of drug-likeness (QED) is 0.595. The molecular formula is C15H24N2O4. The topological polar surface area (TPSA) is 86.7 Å². The zero-order valence-electron chi connectivity index (χ0n) is 12.5. The van der Waals surface area contributed by atoms with E-state index < -0.39 is 17.9 Å². The van der Waals surface area contributed by atoms with Gasteiger partial charge in [-0.3, -0.25) is 19.8 Å². The predicted octanol–water partition coefficient (Wildman–Crippen LogP) is 1.56. The smallest absolute Gasteiger partial charge is 0.331 e. The van der Waals surface area contributed by atoms with Crippen LogP contribution in [-0.4, -0.2) is 40.0 Å². The first-order chi connectivity index (χ1) is 10.0. The monoisotopic (exact) mass is 296 g/mol. The normalized spacial score (nSPS) is 30.5. The Morgan fingerprint density at radius 3 is 2.43 bits per heavy atom. The van der Waals surface area contributed by atoms with Crippen molar-refractivity contribution in [2.24, 2.45) is 5.92 Å². The molecule has 0 bridgehead atoms. The highest BCUT2D eigenvalue weighted by Gasteiger charge is 2.43. The largest absolute Gasteiger partial charge is 0.393 e. The molecule has 1 atom stereocenters. The van der Waals surface area contributed by atoms with Crippen LogP contribution in [0.4, 0.5) is 4.79 Å². The lowest BCUT2D eigenvalue weighted by atomic mass is 9.89. The molecular weight excluding hydrogens is 272 g/mol. The summed E-state index contributed by atoms with van der Waals surface area (Å²) in [5.74, 6) is -1.56. The van der Waals surface area contributed by atoms with E-state index in [2.05, 4.69) is 12.2 Å². The van der Waals surface area contributed by atoms with E-state index in [1.54, 1.807) is 0 Å². The molecule has 2 aliphatic rings. The van der Waals surface area contributed by atoms with Crippen molar-refractivity contribution >= 4 is 17.8 Å². The van der Waals surface area contributed by atoms with E-state index in [4.69, 9.17) is 0 Å². The number of hydrogen-bond donors (Lipinski definition) is 2. The van der Waals surface area contributed by atoms with Crippen molar-refractivity contribution < 1.29 is 19.5 Å². The number of hydrogen-bond acceptors (Lipinski definition) is 4. The van der Waals surface area contributed by atoms with Crippen LogP contribution in [0.15, 0.2) is 0 Å². The maximum absolute atomic E-state index is 12.5. The van der Waals surface area contributed by atoms with Gasteiger partial charge in [-0.25, -0.2) is 4.79 Å². The Bertz CT molecular complexity index is 416. The average molecular weight is 296 g/mol. The number of imide groups is 2. The number of carbonyl (C=O) groups excluding carboxylic acids is 3. The number of aliphatic hydroxyl groups is 1. The average Bonchev–Trinajstić information content (AvgIpc) is 2.44. The summed E-state index contributed by atoms with van der Waals surface area (Å²) < 4.78 is 0. The third-order valence-corrected chi connectivity index (χ3v) is 4.43. The second kappa shape index (κ2) is 7.02. The van der Waals surface area contributed by atoms with E-state index in [1.807, 2.05) is 0 Å². The molecule has 4 amide bonds. The van der Waals surface area contributed by atoms with Crippen LogP contribution >= 0.6 is 0 Å². The van der Waals surface area contributed by atoms with Gasteiger partial charge in [0.2, 0.25) is 11.8 Å². The number of carbonyl (C=O) groups is 3. The van der Waals surface area contributed by atoms with Gasteiger partial charge < -0.3 is 5.11 Å². The molecule has 0 aromatic heterocycles. The summed E-state index contributed by atoms with van der Waals surface area (Å²) in [6.45, 7) is 2.06. The second-order valence-corrected chi connectivity index (χ2v) is 6.01. The van der Waals surface area contributed by atoms with Gasteiger partial charge >= 0.3 is 6.03 Å². The summed E-state index contributed by atoms with van der Waals surface area (Å²) in [6.07, 6.45) is 5.36. The fourth-order valence-corrected chi connectivity index (χ4v) is 3.15. The lowest BCUT2D eigenvalue weighted by Gasteiger charge is -2.38. The minimum Gasteiger partial charge on any atom is -0.393 e. The van der Waals surface area contributed by atoms with Gasteiger partial charge in [0.1, 0.15) is 5.92 Å². The van der Waals surface area contributed by atoms with Gasteiger partial charge in [-0.2, -0.15) is 0 Å². The Kier molecular flexibility index (Phi) is 5.33. The molecule has 118 valence electrons. The molecule has 1 saturated carbocycles. The van der Waals surface area contributed by atoms with Crippen LogP contribution in [0.5, 0.6) is 0 Å². The molecule has 2 rings (SSSR count). The Hall–Kier alpha value is -1.43. The molecule has 2 N–H and O–H groups in total. The first-order valence-corrected chi connectivity index (χ1v) is 7.90. The van der Waals surface area contributed by atoms with Crippen LogP contribution in [0.1, 0.15) is 58.3 Å². The van der Waals surface area contributed by atoms with Gasteiger partial charge in [0.25, 0.3) is 0 Å². The second-order valence-electron chi connectivity index (χ2n) is 6.01. The molecule has 0 aromatic carbocycles. The van der Waals surface area contributed by atoms with Gasteiger partial charge in [0, 0.05) is 6.04 Å². The lowest BCUT2D eigenvalue weighted by Crippen LogP contribution is -2.61. The van der Waals surface area contributed by atoms with Gasteiger partial charge in [0.15, 0.2) is 0 Å². The first-order valence-electron chi connectivity index (χ1n) is 7.90. The summed E-state index contributed by atoms with van der Waals surface area (Å²) in [5, 5.41) is 11.8. The van der Waals surface area contributed by atoms with Gasteiger partial charge in [-0.1, -0.05) is 26.2 Å². The van der Waals surface area contributed by atoms with E-state index in [0.717, 1.165) is 19.3 Å². The highest BCUT2D eigenvalue weighted by Crippen LogP contribution is 2.27. The molecule has 1 aliphatic heterocycles. The maximum atomic E-state index is 12.5. The van der Waals surface area contributed by atoms with Crippen LogP contribution in [0, 0.1) is 5.92 Å². The van der Waals surface area contributed by atoms with E-state index in [1.165, 1.54) is 4.90 Å². The predicted molar refractivity (Wildman–Crippen MR) is 76.3 cm³/mol. The fourth-order valence-electron chi connectivity index (χ4n) is 3.15. The third-order valence-electron chi connectivity index (χ3n) is 4.43. The first kappa shape index (κ1) is 15.9. The molecule has 0 aromatic rings. The lowest BCUT2D eigenvalue weighted by molar-refractivity contribution is -0.145. The highest BCUT2D eigenvalue weighted by molar-refractivity contribution is 6.16. The van der Waals surface area contributed by atoms with Crippen molar-refractivity contribution in [3.8, 4) is 0 Å². The van der Waals surface area contributed by atoms with Crippen LogP contribution in [-0.2, 0) is 9.59 Å². The minimum absolute atomic E-state index is 0.192. The molecule has 6 heteroatoms. The molecule has 1 heterocycles. The Morgan fingerprint density at radius 2 is 1.81 bits per heavy atom. The number of unbranched alkanes of at least 4 members (excludes halogenated alkanes) is 2. The van der Waals surface area contributed by atoms with E-state index >= 15 is 0 Å². The Labute approximate surface area is 124 Å². The number of amides is 4. The van der Waals surface area contributed by atoms with Crippen molar-refractivity contribution in [1.82, 2.24) is 10.2 Å². The van der Waals surface area contributed by atoms with Crippen LogP contribution in [0.25, 0.3) is 0 Å². The standard InChI is InChI=1S/C15H24N2O4/c1-2-3-4-5-12-13(19)16-15(21)17(14(12)20)10-6-8-11(18)9-7-10/h10-12,18H,2-9H2,1H3,(H,16,19,21). The molecule has 21 heavy (non-hydrogen) atoms. The van der Waals surface area contributed by atoms with Crippen LogP contribution < -0.4 is 5.32 Å². The van der Waals surface area contributed by atoms with E-state index in [0.29, 0.717) is 32.1 Å². The van der Waals surface area contributed by atoms with Crippen LogP contribution in [0.3, 0.4) is 0 Å². The molecule has 0 spiro atoms. The number of barbiturate groups is 1. The minimum atomic E-state index is -0.735. The van der Waals surface area contributed by atoms with Crippen molar-refractivity contribution in [2.45, 2.75) is 70.4 Å². The summed E-state index contributed by atoms with van der Waals surface area (Å²) in [4.78, 5) is 37.6. The Balaban J connectivity index is 2.04. The number of urea groups is 1. The number of nitrogens with one attached hydrogen (secondary N) is 1. The van der Waals surface area contributed by atoms with Crippen molar-refractivity contribution in [2.75, 3.05) is 0 Å². The molecule has 1 saturated heterocycles. The summed E-state index contributed by atoms with van der Waals surface area (Å²) >= 11 is 0. The zero-order chi connectivity index (χ0) is 15.4. The molecule has 1 aliphatic carbocycles. The molecule has 0 radical (unpaired) electrons. The third kappa shape index (κ3) is 3.61. The summed E-state index contributed by atoms with van der Waals surface area (Å²) in [5.41, 5.74) is 0. The number of nitrogens with zero attached hydrogens (tertiary/aromatic N) is 1. The van der Waals surface area contributed by atoms with E-state index in [9.17, 15) is 19.5 Å². The summed E-state index contributed by atoms with van der Waals surface area (Å²) in [7, 11) is 0. The Morgan fingerprint density at radius 1 is 1.14 bits per heavy atom. The molecule has 2 fully saturated rings.